The van der Waals surface area contributed by atoms with E-state index in [9.17, 15) is 5.11 Å². The largest absolute Gasteiger partial charge is 0.408 e. The van der Waals surface area contributed by atoms with Crippen LogP contribution in [-0.4, -0.2) is 40.7 Å². The van der Waals surface area contributed by atoms with E-state index in [0.717, 1.165) is 0 Å². The first kappa shape index (κ1) is 9.42. The number of aliphatic hydroxyl groups is 1. The third-order valence-corrected chi connectivity index (χ3v) is 2.18. The molecule has 14 heavy (non-hydrogen) atoms. The van der Waals surface area contributed by atoms with Crippen LogP contribution in [0.3, 0.4) is 0 Å². The van der Waals surface area contributed by atoms with Crippen LogP contribution in [0.2, 0.25) is 0 Å². The maximum atomic E-state index is 9.88. The van der Waals surface area contributed by atoms with Gasteiger partial charge >= 0.3 is 6.01 Å². The third kappa shape index (κ3) is 2.02. The number of rotatable bonds is 3. The van der Waals surface area contributed by atoms with Crippen LogP contribution in [0.5, 0.6) is 0 Å². The van der Waals surface area contributed by atoms with E-state index in [1.54, 1.807) is 6.92 Å². The van der Waals surface area contributed by atoms with Crippen molar-refractivity contribution in [1.82, 2.24) is 10.2 Å². The number of aryl methyl sites for hydroxylation is 1. The van der Waals surface area contributed by atoms with E-state index in [0.29, 0.717) is 38.1 Å². The molecule has 1 atom stereocenters. The van der Waals surface area contributed by atoms with Crippen LogP contribution in [0.1, 0.15) is 12.3 Å². The molecule has 2 heterocycles. The van der Waals surface area contributed by atoms with Crippen molar-refractivity contribution in [2.75, 3.05) is 25.1 Å². The lowest BCUT2D eigenvalue weighted by Crippen LogP contribution is -2.37. The number of nitrogens with one attached hydrogen (secondary N) is 1. The van der Waals surface area contributed by atoms with Gasteiger partial charge in [0.2, 0.25) is 5.89 Å². The Labute approximate surface area is 81.3 Å². The predicted molar refractivity (Wildman–Crippen MR) is 47.9 cm³/mol. The van der Waals surface area contributed by atoms with E-state index in [-0.39, 0.29) is 0 Å². The Morgan fingerprint density at radius 2 is 2.43 bits per heavy atom. The third-order valence-electron chi connectivity index (χ3n) is 2.18. The van der Waals surface area contributed by atoms with Gasteiger partial charge in [0.15, 0.2) is 0 Å². The molecular weight excluding hydrogens is 186 g/mol. The molecule has 0 bridgehead atoms. The fourth-order valence-corrected chi connectivity index (χ4v) is 1.34. The zero-order valence-corrected chi connectivity index (χ0v) is 7.99. The Bertz CT molecular complexity index is 307. The molecule has 1 fully saturated rings. The molecule has 6 heteroatoms. The zero-order valence-electron chi connectivity index (χ0n) is 7.99. The van der Waals surface area contributed by atoms with Crippen molar-refractivity contribution < 1.29 is 14.3 Å². The molecule has 1 unspecified atom stereocenters. The van der Waals surface area contributed by atoms with Crippen LogP contribution >= 0.6 is 0 Å². The molecule has 1 aliphatic rings. The lowest BCUT2D eigenvalue weighted by molar-refractivity contribution is 0.0377. The molecular formula is C8H13N3O3. The summed E-state index contributed by atoms with van der Waals surface area (Å²) in [6.45, 7) is 3.04. The minimum atomic E-state index is -0.803. The highest BCUT2D eigenvalue weighted by atomic mass is 16.5. The Balaban J connectivity index is 1.87. The predicted octanol–water partition coefficient (Wildman–Crippen LogP) is -0.0587. The standard InChI is InChI=1S/C8H13N3O3/c1-6-10-11-7(14-6)9-4-8(12)2-3-13-5-8/h12H,2-5H2,1H3,(H,9,11). The van der Waals surface area contributed by atoms with Gasteiger partial charge in [-0.05, 0) is 0 Å². The summed E-state index contributed by atoms with van der Waals surface area (Å²) in [5, 5.41) is 20.2. The molecule has 2 N–H and O–H groups in total. The summed E-state index contributed by atoms with van der Waals surface area (Å²) in [5.41, 5.74) is -0.803. The van der Waals surface area contributed by atoms with E-state index in [1.165, 1.54) is 0 Å². The van der Waals surface area contributed by atoms with Gasteiger partial charge in [0.1, 0.15) is 5.60 Å². The van der Waals surface area contributed by atoms with Gasteiger partial charge in [-0.1, -0.05) is 5.10 Å². The second kappa shape index (κ2) is 3.55. The Hall–Kier alpha value is -1.14. The van der Waals surface area contributed by atoms with E-state index < -0.39 is 5.60 Å². The van der Waals surface area contributed by atoms with Gasteiger partial charge < -0.3 is 19.6 Å². The molecule has 1 aromatic rings. The maximum absolute atomic E-state index is 9.88. The Morgan fingerprint density at radius 3 is 3.00 bits per heavy atom. The summed E-state index contributed by atoms with van der Waals surface area (Å²) >= 11 is 0. The topological polar surface area (TPSA) is 80.4 Å². The van der Waals surface area contributed by atoms with Gasteiger partial charge in [-0.15, -0.1) is 5.10 Å². The van der Waals surface area contributed by atoms with Gasteiger partial charge in [0.05, 0.1) is 13.2 Å². The van der Waals surface area contributed by atoms with Crippen molar-refractivity contribution in [3.05, 3.63) is 5.89 Å². The molecule has 0 spiro atoms. The van der Waals surface area contributed by atoms with Crippen molar-refractivity contribution in [1.29, 1.82) is 0 Å². The van der Waals surface area contributed by atoms with Gasteiger partial charge in [-0.3, -0.25) is 0 Å². The normalized spacial score (nSPS) is 26.7. The molecule has 0 saturated carbocycles. The number of ether oxygens (including phenoxy) is 1. The monoisotopic (exact) mass is 199 g/mol. The lowest BCUT2D eigenvalue weighted by Gasteiger charge is -2.19. The second-order valence-corrected chi connectivity index (χ2v) is 3.51. The fraction of sp³-hybridized carbons (Fsp3) is 0.750. The molecule has 1 aliphatic heterocycles. The Kier molecular flexibility index (Phi) is 2.39. The van der Waals surface area contributed by atoms with E-state index >= 15 is 0 Å². The van der Waals surface area contributed by atoms with Gasteiger partial charge in [0, 0.05) is 20.0 Å². The van der Waals surface area contributed by atoms with Gasteiger partial charge in [-0.2, -0.15) is 0 Å². The molecule has 0 radical (unpaired) electrons. The van der Waals surface area contributed by atoms with E-state index in [2.05, 4.69) is 15.5 Å². The second-order valence-electron chi connectivity index (χ2n) is 3.51. The van der Waals surface area contributed by atoms with Crippen molar-refractivity contribution in [3.8, 4) is 0 Å². The molecule has 1 aromatic heterocycles. The number of hydrogen-bond donors (Lipinski definition) is 2. The van der Waals surface area contributed by atoms with Crippen molar-refractivity contribution in [3.63, 3.8) is 0 Å². The molecule has 78 valence electrons. The lowest BCUT2D eigenvalue weighted by atomic mass is 10.0. The van der Waals surface area contributed by atoms with Crippen LogP contribution in [-0.2, 0) is 4.74 Å². The number of nitrogens with zero attached hydrogens (tertiary/aromatic N) is 2. The van der Waals surface area contributed by atoms with Crippen molar-refractivity contribution in [2.45, 2.75) is 18.9 Å². The van der Waals surface area contributed by atoms with Gasteiger partial charge in [0.25, 0.3) is 0 Å². The highest BCUT2D eigenvalue weighted by Gasteiger charge is 2.32. The number of aromatic nitrogens is 2. The molecule has 1 saturated heterocycles. The minimum Gasteiger partial charge on any atom is -0.408 e. The van der Waals surface area contributed by atoms with Gasteiger partial charge in [-0.25, -0.2) is 0 Å². The van der Waals surface area contributed by atoms with Crippen LogP contribution in [0.15, 0.2) is 4.42 Å². The van der Waals surface area contributed by atoms with E-state index in [4.69, 9.17) is 9.15 Å². The summed E-state index contributed by atoms with van der Waals surface area (Å²) in [4.78, 5) is 0. The number of anilines is 1. The zero-order chi connectivity index (χ0) is 10.0. The highest BCUT2D eigenvalue weighted by Crippen LogP contribution is 2.18. The van der Waals surface area contributed by atoms with E-state index in [1.807, 2.05) is 0 Å². The fourth-order valence-electron chi connectivity index (χ4n) is 1.34. The molecule has 0 amide bonds. The summed E-state index contributed by atoms with van der Waals surface area (Å²) in [7, 11) is 0. The average molecular weight is 199 g/mol. The first-order chi connectivity index (χ1) is 6.68. The van der Waals surface area contributed by atoms with Crippen molar-refractivity contribution in [2.24, 2.45) is 0 Å². The Morgan fingerprint density at radius 1 is 1.57 bits per heavy atom. The maximum Gasteiger partial charge on any atom is 0.315 e. The number of hydrogen-bond acceptors (Lipinski definition) is 6. The first-order valence-corrected chi connectivity index (χ1v) is 4.52. The first-order valence-electron chi connectivity index (χ1n) is 4.52. The summed E-state index contributed by atoms with van der Waals surface area (Å²) < 4.78 is 10.2. The quantitative estimate of drug-likeness (QED) is 0.710. The smallest absolute Gasteiger partial charge is 0.315 e. The molecule has 6 nitrogen and oxygen atoms in total. The SMILES string of the molecule is Cc1nnc(NCC2(O)CCOC2)o1. The highest BCUT2D eigenvalue weighted by molar-refractivity contribution is 5.18. The van der Waals surface area contributed by atoms with Crippen molar-refractivity contribution >= 4 is 6.01 Å². The minimum absolute atomic E-state index is 0.336. The van der Waals surface area contributed by atoms with Crippen LogP contribution in [0.4, 0.5) is 6.01 Å². The summed E-state index contributed by atoms with van der Waals surface area (Å²) in [6, 6.07) is 0.336. The van der Waals surface area contributed by atoms with Crippen LogP contribution in [0.25, 0.3) is 0 Å². The molecule has 0 aromatic carbocycles. The van der Waals surface area contributed by atoms with Crippen LogP contribution in [0, 0.1) is 6.92 Å². The molecule has 2 rings (SSSR count). The van der Waals surface area contributed by atoms with Crippen LogP contribution < -0.4 is 5.32 Å². The summed E-state index contributed by atoms with van der Waals surface area (Å²) in [6.07, 6.45) is 0.632. The molecule has 0 aliphatic carbocycles. The summed E-state index contributed by atoms with van der Waals surface area (Å²) in [5.74, 6) is 0.502. The average Bonchev–Trinajstić information content (AvgIpc) is 2.73.